The predicted molar refractivity (Wildman–Crippen MR) is 74.3 cm³/mol. The molecule has 7 heteroatoms. The number of carbonyl (C=O) groups excluding carboxylic acids is 1. The van der Waals surface area contributed by atoms with E-state index in [1.165, 1.54) is 0 Å². The molecule has 1 aliphatic heterocycles. The Labute approximate surface area is 120 Å². The zero-order valence-corrected chi connectivity index (χ0v) is 12.0. The fourth-order valence-corrected chi connectivity index (χ4v) is 3.04. The second-order valence-electron chi connectivity index (χ2n) is 4.77. The van der Waals surface area contributed by atoms with Crippen LogP contribution >= 0.6 is 11.3 Å². The number of aryl methyl sites for hydroxylation is 1. The van der Waals surface area contributed by atoms with Gasteiger partial charge >= 0.3 is 6.03 Å². The van der Waals surface area contributed by atoms with Crippen LogP contribution in [0.3, 0.4) is 0 Å². The van der Waals surface area contributed by atoms with Crippen LogP contribution in [0.15, 0.2) is 22.0 Å². The highest BCUT2D eigenvalue weighted by Gasteiger charge is 2.33. The number of nitrogens with zero attached hydrogens (tertiary/aromatic N) is 3. The molecule has 6 nitrogen and oxygen atoms in total. The van der Waals surface area contributed by atoms with Gasteiger partial charge in [0.1, 0.15) is 6.04 Å². The molecule has 0 aromatic carbocycles. The van der Waals surface area contributed by atoms with Crippen LogP contribution in [-0.2, 0) is 6.54 Å². The molecule has 3 heterocycles. The molecule has 1 atom stereocenters. The molecule has 0 aliphatic carbocycles. The smallest absolute Gasteiger partial charge is 0.318 e. The minimum Gasteiger partial charge on any atom is -0.337 e. The summed E-state index contributed by atoms with van der Waals surface area (Å²) < 4.78 is 5.20. The first-order chi connectivity index (χ1) is 9.74. The first-order valence-electron chi connectivity index (χ1n) is 6.61. The van der Waals surface area contributed by atoms with E-state index >= 15 is 0 Å². The molecule has 1 N–H and O–H groups in total. The number of amides is 2. The van der Waals surface area contributed by atoms with Gasteiger partial charge in [0, 0.05) is 11.4 Å². The lowest BCUT2D eigenvalue weighted by Gasteiger charge is -2.22. The molecule has 2 aromatic heterocycles. The molecule has 0 bridgehead atoms. The number of rotatable bonds is 3. The van der Waals surface area contributed by atoms with Gasteiger partial charge in [0.05, 0.1) is 6.54 Å². The largest absolute Gasteiger partial charge is 0.337 e. The average molecular weight is 292 g/mol. The van der Waals surface area contributed by atoms with Crippen molar-refractivity contribution < 1.29 is 9.32 Å². The molecule has 0 radical (unpaired) electrons. The molecule has 3 rings (SSSR count). The molecule has 1 unspecified atom stereocenters. The summed E-state index contributed by atoms with van der Waals surface area (Å²) in [5.74, 6) is 1.14. The maximum Gasteiger partial charge on any atom is 0.318 e. The Balaban J connectivity index is 1.64. The molecule has 1 saturated heterocycles. The Kier molecular flexibility index (Phi) is 3.68. The summed E-state index contributed by atoms with van der Waals surface area (Å²) >= 11 is 1.63. The van der Waals surface area contributed by atoms with Crippen LogP contribution < -0.4 is 5.32 Å². The number of aromatic nitrogens is 2. The highest BCUT2D eigenvalue weighted by molar-refractivity contribution is 7.09. The standard InChI is InChI=1S/C13H16N4O2S/c1-9-15-12(19-16-9)11-5-2-6-17(11)13(18)14-8-10-4-3-7-20-10/h3-4,7,11H,2,5-6,8H2,1H3,(H,14,18). The highest BCUT2D eigenvalue weighted by Crippen LogP contribution is 2.30. The van der Waals surface area contributed by atoms with E-state index < -0.39 is 0 Å². The second-order valence-corrected chi connectivity index (χ2v) is 5.80. The van der Waals surface area contributed by atoms with E-state index in [2.05, 4.69) is 15.5 Å². The van der Waals surface area contributed by atoms with Gasteiger partial charge in [-0.15, -0.1) is 11.3 Å². The molecule has 0 saturated carbocycles. The topological polar surface area (TPSA) is 71.3 Å². The van der Waals surface area contributed by atoms with Crippen molar-refractivity contribution in [2.45, 2.75) is 32.4 Å². The Morgan fingerprint density at radius 3 is 3.25 bits per heavy atom. The molecule has 1 fully saturated rings. The van der Waals surface area contributed by atoms with Gasteiger partial charge in [0.2, 0.25) is 5.89 Å². The number of hydrogen-bond acceptors (Lipinski definition) is 5. The molecule has 1 aliphatic rings. The van der Waals surface area contributed by atoms with Crippen LogP contribution in [0.2, 0.25) is 0 Å². The predicted octanol–water partition coefficient (Wildman–Crippen LogP) is 2.49. The SMILES string of the molecule is Cc1noc(C2CCCN2C(=O)NCc2cccs2)n1. The number of urea groups is 1. The number of thiophene rings is 1. The lowest BCUT2D eigenvalue weighted by Crippen LogP contribution is -2.39. The second kappa shape index (κ2) is 5.62. The van der Waals surface area contributed by atoms with E-state index in [-0.39, 0.29) is 12.1 Å². The average Bonchev–Trinajstić information content (AvgIpc) is 3.16. The lowest BCUT2D eigenvalue weighted by molar-refractivity contribution is 0.180. The van der Waals surface area contributed by atoms with Gasteiger partial charge in [0.15, 0.2) is 5.82 Å². The number of carbonyl (C=O) groups is 1. The van der Waals surface area contributed by atoms with E-state index in [9.17, 15) is 4.79 Å². The van der Waals surface area contributed by atoms with Gasteiger partial charge in [-0.3, -0.25) is 0 Å². The number of likely N-dealkylation sites (tertiary alicyclic amines) is 1. The van der Waals surface area contributed by atoms with Crippen molar-refractivity contribution >= 4 is 17.4 Å². The third kappa shape index (κ3) is 2.67. The van der Waals surface area contributed by atoms with Gasteiger partial charge in [-0.1, -0.05) is 11.2 Å². The lowest BCUT2D eigenvalue weighted by atomic mass is 10.2. The van der Waals surface area contributed by atoms with Crippen LogP contribution in [0, 0.1) is 6.92 Å². The molecule has 20 heavy (non-hydrogen) atoms. The molecular weight excluding hydrogens is 276 g/mol. The maximum absolute atomic E-state index is 12.3. The number of hydrogen-bond donors (Lipinski definition) is 1. The van der Waals surface area contributed by atoms with Gasteiger partial charge in [-0.25, -0.2) is 4.79 Å². The van der Waals surface area contributed by atoms with E-state index in [0.29, 0.717) is 18.3 Å². The molecular formula is C13H16N4O2S. The Bertz CT molecular complexity index is 581. The summed E-state index contributed by atoms with van der Waals surface area (Å²) in [4.78, 5) is 19.4. The van der Waals surface area contributed by atoms with Crippen LogP contribution in [0.4, 0.5) is 4.79 Å². The fraction of sp³-hybridized carbons (Fsp3) is 0.462. The van der Waals surface area contributed by atoms with Crippen LogP contribution in [-0.4, -0.2) is 27.6 Å². The monoisotopic (exact) mass is 292 g/mol. The Hall–Kier alpha value is -1.89. The third-order valence-corrected chi connectivity index (χ3v) is 4.21. The molecule has 106 valence electrons. The minimum atomic E-state index is -0.0977. The van der Waals surface area contributed by atoms with Gasteiger partial charge in [-0.2, -0.15) is 4.98 Å². The maximum atomic E-state index is 12.3. The molecule has 2 aromatic rings. The molecule has 0 spiro atoms. The summed E-state index contributed by atoms with van der Waals surface area (Å²) in [5.41, 5.74) is 0. The van der Waals surface area contributed by atoms with E-state index in [0.717, 1.165) is 24.3 Å². The van der Waals surface area contributed by atoms with Crippen molar-refractivity contribution in [2.75, 3.05) is 6.54 Å². The van der Waals surface area contributed by atoms with Crippen molar-refractivity contribution in [2.24, 2.45) is 0 Å². The van der Waals surface area contributed by atoms with Crippen molar-refractivity contribution in [1.82, 2.24) is 20.4 Å². The van der Waals surface area contributed by atoms with E-state index in [1.807, 2.05) is 17.5 Å². The van der Waals surface area contributed by atoms with Gasteiger partial charge in [0.25, 0.3) is 0 Å². The summed E-state index contributed by atoms with van der Waals surface area (Å²) in [5, 5.41) is 8.74. The van der Waals surface area contributed by atoms with Crippen LogP contribution in [0.25, 0.3) is 0 Å². The minimum absolute atomic E-state index is 0.0725. The first kappa shape index (κ1) is 13.1. The van der Waals surface area contributed by atoms with Crippen LogP contribution in [0.5, 0.6) is 0 Å². The van der Waals surface area contributed by atoms with Crippen molar-refractivity contribution in [1.29, 1.82) is 0 Å². The van der Waals surface area contributed by atoms with E-state index in [1.54, 1.807) is 23.2 Å². The zero-order chi connectivity index (χ0) is 13.9. The van der Waals surface area contributed by atoms with Gasteiger partial charge in [-0.05, 0) is 31.2 Å². The summed E-state index contributed by atoms with van der Waals surface area (Å²) in [6, 6.07) is 3.82. The van der Waals surface area contributed by atoms with Crippen LogP contribution in [0.1, 0.15) is 35.5 Å². The number of nitrogens with one attached hydrogen (secondary N) is 1. The fourth-order valence-electron chi connectivity index (χ4n) is 2.39. The van der Waals surface area contributed by atoms with Crippen molar-refractivity contribution in [3.63, 3.8) is 0 Å². The molecule has 2 amide bonds. The van der Waals surface area contributed by atoms with Crippen molar-refractivity contribution in [3.05, 3.63) is 34.1 Å². The Morgan fingerprint density at radius 1 is 1.65 bits per heavy atom. The zero-order valence-electron chi connectivity index (χ0n) is 11.2. The first-order valence-corrected chi connectivity index (χ1v) is 7.49. The Morgan fingerprint density at radius 2 is 2.55 bits per heavy atom. The third-order valence-electron chi connectivity index (χ3n) is 3.34. The summed E-state index contributed by atoms with van der Waals surface area (Å²) in [6.07, 6.45) is 1.83. The normalized spacial score (nSPS) is 18.4. The van der Waals surface area contributed by atoms with Gasteiger partial charge < -0.3 is 14.7 Å². The van der Waals surface area contributed by atoms with Crippen molar-refractivity contribution in [3.8, 4) is 0 Å². The summed E-state index contributed by atoms with van der Waals surface area (Å²) in [7, 11) is 0. The quantitative estimate of drug-likeness (QED) is 0.943. The highest BCUT2D eigenvalue weighted by atomic mass is 32.1. The summed E-state index contributed by atoms with van der Waals surface area (Å²) in [6.45, 7) is 3.06. The van der Waals surface area contributed by atoms with E-state index in [4.69, 9.17) is 4.52 Å².